The first kappa shape index (κ1) is 13.9. The predicted molar refractivity (Wildman–Crippen MR) is 61.2 cm³/mol. The molecule has 8 heteroatoms. The Kier molecular flexibility index (Phi) is 3.58. The molecule has 1 fully saturated rings. The summed E-state index contributed by atoms with van der Waals surface area (Å²) in [6, 6.07) is 2.08. The number of nitro groups is 1. The average Bonchev–Trinajstić information content (AvgIpc) is 2.27. The van der Waals surface area contributed by atoms with Crippen LogP contribution in [0.4, 0.5) is 18.9 Å². The summed E-state index contributed by atoms with van der Waals surface area (Å²) in [5.41, 5.74) is -0.757. The Balaban J connectivity index is 2.02. The Labute approximate surface area is 111 Å². The van der Waals surface area contributed by atoms with Crippen LogP contribution in [-0.4, -0.2) is 17.5 Å². The second kappa shape index (κ2) is 4.88. The van der Waals surface area contributed by atoms with Crippen LogP contribution in [0.1, 0.15) is 12.8 Å². The van der Waals surface area contributed by atoms with E-state index in [-0.39, 0.29) is 31.1 Å². The van der Waals surface area contributed by atoms with Gasteiger partial charge in [-0.05, 0) is 6.07 Å². The van der Waals surface area contributed by atoms with E-state index in [9.17, 15) is 23.3 Å². The molecule has 1 saturated carbocycles. The van der Waals surface area contributed by atoms with Gasteiger partial charge in [0.2, 0.25) is 11.7 Å². The summed E-state index contributed by atoms with van der Waals surface area (Å²) < 4.78 is 43.8. The van der Waals surface area contributed by atoms with E-state index < -0.39 is 27.4 Å². The number of hydrogen-bond acceptors (Lipinski definition) is 3. The van der Waals surface area contributed by atoms with Crippen molar-refractivity contribution >= 4 is 17.3 Å². The van der Waals surface area contributed by atoms with Gasteiger partial charge < -0.3 is 4.74 Å². The lowest BCUT2D eigenvalue weighted by atomic mass is 9.82. The van der Waals surface area contributed by atoms with E-state index in [0.717, 1.165) is 12.1 Å². The van der Waals surface area contributed by atoms with E-state index in [1.165, 1.54) is 0 Å². The second-order valence-corrected chi connectivity index (χ2v) is 4.79. The van der Waals surface area contributed by atoms with E-state index in [1.54, 1.807) is 0 Å². The molecule has 0 N–H and O–H groups in total. The van der Waals surface area contributed by atoms with Crippen molar-refractivity contribution in [3.8, 4) is 5.75 Å². The van der Waals surface area contributed by atoms with Crippen molar-refractivity contribution in [2.45, 2.75) is 18.8 Å². The minimum absolute atomic E-state index is 0.0213. The molecule has 1 aromatic rings. The maximum atomic E-state index is 13.5. The molecule has 0 aliphatic heterocycles. The van der Waals surface area contributed by atoms with Gasteiger partial charge in [0.05, 0.1) is 11.5 Å². The van der Waals surface area contributed by atoms with Crippen LogP contribution >= 0.6 is 11.6 Å². The fourth-order valence-electron chi connectivity index (χ4n) is 1.88. The summed E-state index contributed by atoms with van der Waals surface area (Å²) in [7, 11) is 0. The minimum atomic E-state index is -2.65. The van der Waals surface area contributed by atoms with Crippen LogP contribution in [-0.2, 0) is 0 Å². The molecule has 104 valence electrons. The maximum Gasteiger partial charge on any atom is 0.306 e. The van der Waals surface area contributed by atoms with Crippen molar-refractivity contribution in [3.63, 3.8) is 0 Å². The number of nitro benzene ring substituents is 1. The highest BCUT2D eigenvalue weighted by Gasteiger charge is 2.45. The Morgan fingerprint density at radius 3 is 2.63 bits per heavy atom. The highest BCUT2D eigenvalue weighted by molar-refractivity contribution is 6.32. The molecule has 0 atom stereocenters. The Morgan fingerprint density at radius 1 is 1.47 bits per heavy atom. The van der Waals surface area contributed by atoms with E-state index in [1.807, 2.05) is 0 Å². The van der Waals surface area contributed by atoms with Crippen molar-refractivity contribution in [3.05, 3.63) is 33.1 Å². The van der Waals surface area contributed by atoms with Gasteiger partial charge in [-0.15, -0.1) is 0 Å². The Morgan fingerprint density at radius 2 is 2.11 bits per heavy atom. The Hall–Kier alpha value is -1.50. The molecule has 0 amide bonds. The van der Waals surface area contributed by atoms with Gasteiger partial charge in [0, 0.05) is 24.8 Å². The standard InChI is InChI=1S/C11H9ClF3NO3/c12-9-8(2-1-7(10(9)13)16(17)18)19-5-6-3-11(14,15)4-6/h1-2,6H,3-5H2. The quantitative estimate of drug-likeness (QED) is 0.627. The molecular formula is C11H9ClF3NO3. The van der Waals surface area contributed by atoms with E-state index in [2.05, 4.69) is 0 Å². The largest absolute Gasteiger partial charge is 0.492 e. The van der Waals surface area contributed by atoms with Gasteiger partial charge in [-0.3, -0.25) is 10.1 Å². The molecule has 0 unspecified atom stereocenters. The molecule has 0 heterocycles. The monoisotopic (exact) mass is 295 g/mol. The summed E-state index contributed by atoms with van der Waals surface area (Å²) >= 11 is 5.59. The lowest BCUT2D eigenvalue weighted by Gasteiger charge is -2.34. The third-order valence-corrected chi connectivity index (χ3v) is 3.22. The highest BCUT2D eigenvalue weighted by Crippen LogP contribution is 2.43. The number of alkyl halides is 2. The number of hydrogen-bond donors (Lipinski definition) is 0. The first-order valence-corrected chi connectivity index (χ1v) is 5.81. The topological polar surface area (TPSA) is 52.4 Å². The molecule has 2 rings (SSSR count). The highest BCUT2D eigenvalue weighted by atomic mass is 35.5. The van der Waals surface area contributed by atoms with Gasteiger partial charge >= 0.3 is 5.69 Å². The zero-order valence-corrected chi connectivity index (χ0v) is 10.3. The van der Waals surface area contributed by atoms with E-state index in [4.69, 9.17) is 16.3 Å². The van der Waals surface area contributed by atoms with Crippen molar-refractivity contribution in [1.82, 2.24) is 0 Å². The SMILES string of the molecule is O=[N+]([O-])c1ccc(OCC2CC(F)(F)C2)c(Cl)c1F. The molecule has 0 aromatic heterocycles. The van der Waals surface area contributed by atoms with Crippen molar-refractivity contribution in [2.24, 2.45) is 5.92 Å². The fraction of sp³-hybridized carbons (Fsp3) is 0.455. The molecule has 1 aliphatic carbocycles. The average molecular weight is 296 g/mol. The third-order valence-electron chi connectivity index (χ3n) is 2.87. The summed E-state index contributed by atoms with van der Waals surface area (Å²) in [5.74, 6) is -4.24. The number of halogens is 4. The predicted octanol–water partition coefficient (Wildman–Crippen LogP) is 3.81. The van der Waals surface area contributed by atoms with Crippen LogP contribution in [0.15, 0.2) is 12.1 Å². The lowest BCUT2D eigenvalue weighted by Crippen LogP contribution is -2.38. The molecule has 4 nitrogen and oxygen atoms in total. The smallest absolute Gasteiger partial charge is 0.306 e. The van der Waals surface area contributed by atoms with E-state index >= 15 is 0 Å². The molecule has 0 bridgehead atoms. The van der Waals surface area contributed by atoms with E-state index in [0.29, 0.717) is 0 Å². The zero-order chi connectivity index (χ0) is 14.2. The zero-order valence-electron chi connectivity index (χ0n) is 9.54. The molecule has 1 aliphatic rings. The van der Waals surface area contributed by atoms with Gasteiger partial charge in [0.1, 0.15) is 10.8 Å². The second-order valence-electron chi connectivity index (χ2n) is 4.41. The van der Waals surface area contributed by atoms with Gasteiger partial charge in [0.25, 0.3) is 0 Å². The van der Waals surface area contributed by atoms with Gasteiger partial charge in [-0.2, -0.15) is 4.39 Å². The van der Waals surface area contributed by atoms with Crippen molar-refractivity contribution in [2.75, 3.05) is 6.61 Å². The van der Waals surface area contributed by atoms with Crippen molar-refractivity contribution in [1.29, 1.82) is 0 Å². The summed E-state index contributed by atoms with van der Waals surface area (Å²) in [6.45, 7) is -0.0213. The van der Waals surface area contributed by atoms with Gasteiger partial charge in [-0.25, -0.2) is 8.78 Å². The number of ether oxygens (including phenoxy) is 1. The number of rotatable bonds is 4. The normalized spacial score (nSPS) is 17.9. The molecule has 0 spiro atoms. The molecule has 1 aromatic carbocycles. The summed E-state index contributed by atoms with van der Waals surface area (Å²) in [6.07, 6.45) is -0.555. The first-order chi connectivity index (χ1) is 8.80. The fourth-order valence-corrected chi connectivity index (χ4v) is 2.10. The third kappa shape index (κ3) is 2.91. The molecule has 19 heavy (non-hydrogen) atoms. The lowest BCUT2D eigenvalue weighted by molar-refractivity contribution is -0.387. The molecule has 0 saturated heterocycles. The van der Waals surface area contributed by atoms with Gasteiger partial charge in [-0.1, -0.05) is 11.6 Å². The number of benzene rings is 1. The molecule has 0 radical (unpaired) electrons. The van der Waals surface area contributed by atoms with Gasteiger partial charge in [0.15, 0.2) is 0 Å². The molecular weight excluding hydrogens is 287 g/mol. The minimum Gasteiger partial charge on any atom is -0.492 e. The first-order valence-electron chi connectivity index (χ1n) is 5.43. The van der Waals surface area contributed by atoms with Crippen LogP contribution in [0.25, 0.3) is 0 Å². The van der Waals surface area contributed by atoms with Crippen LogP contribution in [0.2, 0.25) is 5.02 Å². The van der Waals surface area contributed by atoms with Crippen LogP contribution in [0.5, 0.6) is 5.75 Å². The number of nitrogens with zero attached hydrogens (tertiary/aromatic N) is 1. The van der Waals surface area contributed by atoms with Crippen LogP contribution < -0.4 is 4.74 Å². The summed E-state index contributed by atoms with van der Waals surface area (Å²) in [4.78, 5) is 9.56. The summed E-state index contributed by atoms with van der Waals surface area (Å²) in [5, 5.41) is 9.95. The van der Waals surface area contributed by atoms with Crippen LogP contribution in [0.3, 0.4) is 0 Å². The Bertz CT molecular complexity index is 516. The maximum absolute atomic E-state index is 13.5. The van der Waals surface area contributed by atoms with Crippen molar-refractivity contribution < 1.29 is 22.8 Å². The van der Waals surface area contributed by atoms with Crippen LogP contribution in [0, 0.1) is 21.8 Å².